The molecule has 0 aliphatic carbocycles. The first kappa shape index (κ1) is 15.1. The van der Waals surface area contributed by atoms with Crippen LogP contribution in [-0.4, -0.2) is 39.8 Å². The predicted molar refractivity (Wildman–Crippen MR) is 67.5 cm³/mol. The summed E-state index contributed by atoms with van der Waals surface area (Å²) < 4.78 is 0. The first-order chi connectivity index (χ1) is 8.84. The number of aliphatic hydroxyl groups is 2. The maximum Gasteiger partial charge on any atom is 0.269 e. The minimum absolute atomic E-state index is 0.0348. The molecule has 1 unspecified atom stereocenters. The fraction of sp³-hybridized carbons (Fsp3) is 0.417. The van der Waals surface area contributed by atoms with Gasteiger partial charge in [-0.1, -0.05) is 12.1 Å². The topological polar surface area (TPSA) is 113 Å². The summed E-state index contributed by atoms with van der Waals surface area (Å²) >= 11 is 0. The summed E-state index contributed by atoms with van der Waals surface area (Å²) in [7, 11) is 0. The van der Waals surface area contributed by atoms with Gasteiger partial charge < -0.3 is 15.5 Å². The Kier molecular flexibility index (Phi) is 4.96. The van der Waals surface area contributed by atoms with Gasteiger partial charge in [-0.2, -0.15) is 0 Å². The van der Waals surface area contributed by atoms with E-state index in [-0.39, 0.29) is 24.6 Å². The SMILES string of the molecule is CC(O)(CO)CNC(=O)Cc1ccc([N+](=O)[O-])cc1. The minimum Gasteiger partial charge on any atom is -0.393 e. The molecule has 7 heteroatoms. The Morgan fingerprint density at radius 1 is 1.42 bits per heavy atom. The molecule has 1 aromatic rings. The Balaban J connectivity index is 2.51. The Bertz CT molecular complexity index is 456. The number of carbonyl (C=O) groups is 1. The van der Waals surface area contributed by atoms with Crippen molar-refractivity contribution in [2.45, 2.75) is 18.9 Å². The fourth-order valence-electron chi connectivity index (χ4n) is 1.33. The molecule has 0 aliphatic rings. The molecule has 104 valence electrons. The summed E-state index contributed by atoms with van der Waals surface area (Å²) in [4.78, 5) is 21.5. The highest BCUT2D eigenvalue weighted by Gasteiger charge is 2.19. The van der Waals surface area contributed by atoms with Gasteiger partial charge in [0.2, 0.25) is 5.91 Å². The predicted octanol–water partition coefficient (Wildman–Crippen LogP) is -0.00320. The van der Waals surface area contributed by atoms with Crippen LogP contribution in [0.5, 0.6) is 0 Å². The van der Waals surface area contributed by atoms with Crippen LogP contribution in [0.3, 0.4) is 0 Å². The molecule has 1 rings (SSSR count). The van der Waals surface area contributed by atoms with Crippen molar-refractivity contribution in [3.8, 4) is 0 Å². The second kappa shape index (κ2) is 6.26. The van der Waals surface area contributed by atoms with Crippen LogP contribution >= 0.6 is 0 Å². The highest BCUT2D eigenvalue weighted by atomic mass is 16.6. The van der Waals surface area contributed by atoms with E-state index in [1.165, 1.54) is 31.2 Å². The lowest BCUT2D eigenvalue weighted by molar-refractivity contribution is -0.384. The lowest BCUT2D eigenvalue weighted by Gasteiger charge is -2.20. The minimum atomic E-state index is -1.36. The standard InChI is InChI=1S/C12H16N2O5/c1-12(17,8-15)7-13-11(16)6-9-2-4-10(5-3-9)14(18)19/h2-5,15,17H,6-8H2,1H3,(H,13,16). The third kappa shape index (κ3) is 5.02. The molecule has 0 saturated heterocycles. The number of hydrogen-bond acceptors (Lipinski definition) is 5. The van der Waals surface area contributed by atoms with E-state index in [0.29, 0.717) is 5.56 Å². The molecule has 0 fully saturated rings. The largest absolute Gasteiger partial charge is 0.393 e. The number of nitro groups is 1. The van der Waals surface area contributed by atoms with Crippen LogP contribution in [0, 0.1) is 10.1 Å². The van der Waals surface area contributed by atoms with Crippen molar-refractivity contribution in [3.63, 3.8) is 0 Å². The first-order valence-corrected chi connectivity index (χ1v) is 5.67. The average molecular weight is 268 g/mol. The molecule has 19 heavy (non-hydrogen) atoms. The highest BCUT2D eigenvalue weighted by Crippen LogP contribution is 2.12. The van der Waals surface area contributed by atoms with E-state index in [1.54, 1.807) is 0 Å². The van der Waals surface area contributed by atoms with E-state index in [4.69, 9.17) is 5.11 Å². The van der Waals surface area contributed by atoms with Crippen LogP contribution in [0.2, 0.25) is 0 Å². The Labute approximate surface area is 110 Å². The second-order valence-electron chi connectivity index (χ2n) is 4.53. The van der Waals surface area contributed by atoms with Crippen LogP contribution in [0.4, 0.5) is 5.69 Å². The summed E-state index contributed by atoms with van der Waals surface area (Å²) in [5, 5.41) is 31.2. The van der Waals surface area contributed by atoms with Crippen molar-refractivity contribution in [2.75, 3.05) is 13.2 Å². The number of aliphatic hydroxyl groups excluding tert-OH is 1. The third-order valence-corrected chi connectivity index (χ3v) is 2.52. The number of carbonyl (C=O) groups excluding carboxylic acids is 1. The maximum atomic E-state index is 11.6. The molecule has 3 N–H and O–H groups in total. The first-order valence-electron chi connectivity index (χ1n) is 5.67. The number of hydrogen-bond donors (Lipinski definition) is 3. The van der Waals surface area contributed by atoms with Crippen LogP contribution in [0.15, 0.2) is 24.3 Å². The summed E-state index contributed by atoms with van der Waals surface area (Å²) in [5.74, 6) is -0.331. The zero-order valence-electron chi connectivity index (χ0n) is 10.5. The maximum absolute atomic E-state index is 11.6. The van der Waals surface area contributed by atoms with E-state index >= 15 is 0 Å². The summed E-state index contributed by atoms with van der Waals surface area (Å²) in [5.41, 5.74) is -0.760. The normalized spacial score (nSPS) is 13.6. The van der Waals surface area contributed by atoms with Gasteiger partial charge in [0.15, 0.2) is 0 Å². The van der Waals surface area contributed by atoms with Crippen LogP contribution in [0.25, 0.3) is 0 Å². The second-order valence-corrected chi connectivity index (χ2v) is 4.53. The van der Waals surface area contributed by atoms with E-state index in [9.17, 15) is 20.0 Å². The molecular weight excluding hydrogens is 252 g/mol. The molecule has 1 aromatic carbocycles. The van der Waals surface area contributed by atoms with Crippen molar-refractivity contribution in [3.05, 3.63) is 39.9 Å². The fourth-order valence-corrected chi connectivity index (χ4v) is 1.33. The number of benzene rings is 1. The van der Waals surface area contributed by atoms with Crippen LogP contribution in [0.1, 0.15) is 12.5 Å². The highest BCUT2D eigenvalue weighted by molar-refractivity contribution is 5.78. The van der Waals surface area contributed by atoms with Gasteiger partial charge >= 0.3 is 0 Å². The molecule has 0 radical (unpaired) electrons. The number of amides is 1. The Morgan fingerprint density at radius 3 is 2.47 bits per heavy atom. The number of nitrogens with zero attached hydrogens (tertiary/aromatic N) is 1. The average Bonchev–Trinajstić information content (AvgIpc) is 2.37. The van der Waals surface area contributed by atoms with Gasteiger partial charge in [-0.15, -0.1) is 0 Å². The van der Waals surface area contributed by atoms with E-state index in [2.05, 4.69) is 5.32 Å². The van der Waals surface area contributed by atoms with Crippen molar-refractivity contribution in [1.29, 1.82) is 0 Å². The lowest BCUT2D eigenvalue weighted by Crippen LogP contribution is -2.43. The summed E-state index contributed by atoms with van der Waals surface area (Å²) in [6, 6.07) is 5.66. The molecule has 1 amide bonds. The van der Waals surface area contributed by atoms with Crippen molar-refractivity contribution < 1.29 is 19.9 Å². The van der Waals surface area contributed by atoms with Crippen LogP contribution < -0.4 is 5.32 Å². The Hall–Kier alpha value is -1.99. The zero-order valence-corrected chi connectivity index (χ0v) is 10.5. The molecule has 0 heterocycles. The molecule has 0 spiro atoms. The lowest BCUT2D eigenvalue weighted by atomic mass is 10.1. The van der Waals surface area contributed by atoms with Crippen molar-refractivity contribution in [2.24, 2.45) is 0 Å². The van der Waals surface area contributed by atoms with Crippen molar-refractivity contribution >= 4 is 11.6 Å². The number of nitrogens with one attached hydrogen (secondary N) is 1. The number of non-ortho nitro benzene ring substituents is 1. The van der Waals surface area contributed by atoms with Crippen LogP contribution in [-0.2, 0) is 11.2 Å². The van der Waals surface area contributed by atoms with Gasteiger partial charge in [0.1, 0.15) is 5.60 Å². The monoisotopic (exact) mass is 268 g/mol. The smallest absolute Gasteiger partial charge is 0.269 e. The van der Waals surface area contributed by atoms with E-state index < -0.39 is 17.1 Å². The molecule has 0 saturated carbocycles. The summed E-state index contributed by atoms with van der Waals surface area (Å²) in [6.07, 6.45) is 0.0551. The molecule has 0 bridgehead atoms. The molecule has 0 aromatic heterocycles. The van der Waals surface area contributed by atoms with E-state index in [0.717, 1.165) is 0 Å². The van der Waals surface area contributed by atoms with Gasteiger partial charge in [0.05, 0.1) is 18.0 Å². The van der Waals surface area contributed by atoms with Gasteiger partial charge in [0.25, 0.3) is 5.69 Å². The number of rotatable bonds is 6. The molecular formula is C12H16N2O5. The quantitative estimate of drug-likeness (QED) is 0.496. The van der Waals surface area contributed by atoms with Gasteiger partial charge in [-0.05, 0) is 12.5 Å². The van der Waals surface area contributed by atoms with Gasteiger partial charge in [-0.3, -0.25) is 14.9 Å². The molecule has 1 atom stereocenters. The zero-order chi connectivity index (χ0) is 14.5. The van der Waals surface area contributed by atoms with Gasteiger partial charge in [0, 0.05) is 18.7 Å². The van der Waals surface area contributed by atoms with Gasteiger partial charge in [-0.25, -0.2) is 0 Å². The number of nitro benzene ring substituents is 1. The Morgan fingerprint density at radius 2 is 2.00 bits per heavy atom. The van der Waals surface area contributed by atoms with Crippen molar-refractivity contribution in [1.82, 2.24) is 5.32 Å². The molecule has 0 aliphatic heterocycles. The van der Waals surface area contributed by atoms with E-state index in [1.807, 2.05) is 0 Å². The summed E-state index contributed by atoms with van der Waals surface area (Å²) in [6.45, 7) is 0.888. The molecule has 7 nitrogen and oxygen atoms in total. The third-order valence-electron chi connectivity index (χ3n) is 2.52.